The van der Waals surface area contributed by atoms with Crippen LogP contribution in [0.25, 0.3) is 0 Å². The van der Waals surface area contributed by atoms with Crippen molar-refractivity contribution in [2.45, 2.75) is 4.90 Å². The van der Waals surface area contributed by atoms with Crippen molar-refractivity contribution >= 4 is 50.5 Å². The van der Waals surface area contributed by atoms with Crippen LogP contribution >= 0.6 is 34.8 Å². The molecule has 2 rings (SSSR count). The van der Waals surface area contributed by atoms with E-state index in [-0.39, 0.29) is 20.0 Å². The maximum atomic E-state index is 12.2. The van der Waals surface area contributed by atoms with Crippen LogP contribution in [0.15, 0.2) is 47.4 Å². The van der Waals surface area contributed by atoms with Crippen molar-refractivity contribution in [2.24, 2.45) is 0 Å². The van der Waals surface area contributed by atoms with Crippen molar-refractivity contribution in [3.8, 4) is 0 Å². The zero-order valence-corrected chi connectivity index (χ0v) is 12.5. The minimum Gasteiger partial charge on any atom is -0.280 e. The molecule has 2 aromatic rings. The topological polar surface area (TPSA) is 46.2 Å². The van der Waals surface area contributed by atoms with Crippen LogP contribution in [-0.2, 0) is 10.0 Å². The Morgan fingerprint density at radius 1 is 0.842 bits per heavy atom. The zero-order valence-electron chi connectivity index (χ0n) is 9.40. The van der Waals surface area contributed by atoms with E-state index in [4.69, 9.17) is 34.8 Å². The fourth-order valence-electron chi connectivity index (χ4n) is 1.43. The van der Waals surface area contributed by atoms with E-state index < -0.39 is 10.0 Å². The summed E-state index contributed by atoms with van der Waals surface area (Å²) in [6.07, 6.45) is 0. The molecule has 0 bridgehead atoms. The minimum absolute atomic E-state index is 0.0119. The van der Waals surface area contributed by atoms with E-state index in [9.17, 15) is 8.42 Å². The lowest BCUT2D eigenvalue weighted by Crippen LogP contribution is -2.13. The highest BCUT2D eigenvalue weighted by Gasteiger charge is 2.19. The largest absolute Gasteiger partial charge is 0.280 e. The van der Waals surface area contributed by atoms with Crippen LogP contribution in [0.4, 0.5) is 5.69 Å². The molecule has 7 heteroatoms. The Balaban J connectivity index is 2.43. The summed E-state index contributed by atoms with van der Waals surface area (Å²) in [5.41, 5.74) is 0.435. The van der Waals surface area contributed by atoms with Crippen LogP contribution in [0, 0.1) is 0 Å². The number of benzene rings is 2. The van der Waals surface area contributed by atoms with Crippen molar-refractivity contribution in [3.63, 3.8) is 0 Å². The lowest BCUT2D eigenvalue weighted by molar-refractivity contribution is 0.601. The highest BCUT2D eigenvalue weighted by Crippen LogP contribution is 2.32. The highest BCUT2D eigenvalue weighted by molar-refractivity contribution is 7.92. The molecule has 0 spiro atoms. The molecule has 0 aliphatic rings. The summed E-state index contributed by atoms with van der Waals surface area (Å²) in [7, 11) is -3.81. The van der Waals surface area contributed by atoms with Crippen LogP contribution in [0.5, 0.6) is 0 Å². The first kappa shape index (κ1) is 14.5. The number of halogens is 3. The van der Waals surface area contributed by atoms with Gasteiger partial charge < -0.3 is 0 Å². The monoisotopic (exact) mass is 335 g/mol. The summed E-state index contributed by atoms with van der Waals surface area (Å²) in [6, 6.07) is 11.0. The molecule has 2 aromatic carbocycles. The Morgan fingerprint density at radius 3 is 2.05 bits per heavy atom. The fraction of sp³-hybridized carbons (Fsp3) is 0. The van der Waals surface area contributed by atoms with Gasteiger partial charge in [0.05, 0.1) is 15.1 Å². The number of para-hydroxylation sites is 1. The van der Waals surface area contributed by atoms with Gasteiger partial charge in [0.1, 0.15) is 4.90 Å². The molecule has 19 heavy (non-hydrogen) atoms. The molecule has 1 N–H and O–H groups in total. The van der Waals surface area contributed by atoms with Crippen molar-refractivity contribution in [1.82, 2.24) is 0 Å². The second-order valence-electron chi connectivity index (χ2n) is 3.67. The van der Waals surface area contributed by atoms with E-state index in [0.29, 0.717) is 5.69 Å². The minimum atomic E-state index is -3.81. The Bertz CT molecular complexity index is 702. The summed E-state index contributed by atoms with van der Waals surface area (Å²) < 4.78 is 26.8. The number of sulfonamides is 1. The normalized spacial score (nSPS) is 11.3. The van der Waals surface area contributed by atoms with Gasteiger partial charge in [-0.3, -0.25) is 4.72 Å². The molecule has 0 unspecified atom stereocenters. The summed E-state index contributed by atoms with van der Waals surface area (Å²) in [5.74, 6) is 0. The average molecular weight is 337 g/mol. The first-order chi connectivity index (χ1) is 8.90. The third-order valence-corrected chi connectivity index (χ3v) is 4.86. The number of rotatable bonds is 3. The van der Waals surface area contributed by atoms with Crippen molar-refractivity contribution < 1.29 is 8.42 Å². The number of hydrogen-bond acceptors (Lipinski definition) is 2. The molecule has 0 aliphatic carbocycles. The number of hydrogen-bond donors (Lipinski definition) is 1. The van der Waals surface area contributed by atoms with Gasteiger partial charge in [-0.15, -0.1) is 0 Å². The van der Waals surface area contributed by atoms with Crippen LogP contribution in [0.3, 0.4) is 0 Å². The molecular formula is C12H8Cl3NO2S. The summed E-state index contributed by atoms with van der Waals surface area (Å²) in [5, 5.41) is 0.336. The molecule has 0 radical (unpaired) electrons. The van der Waals surface area contributed by atoms with Crippen LogP contribution < -0.4 is 4.72 Å². The molecule has 0 aliphatic heterocycles. The molecule has 100 valence electrons. The molecule has 0 fully saturated rings. The molecule has 0 heterocycles. The predicted molar refractivity (Wildman–Crippen MR) is 78.7 cm³/mol. The zero-order chi connectivity index (χ0) is 14.0. The standard InChI is InChI=1S/C12H8Cl3NO2S/c13-9-6-11(15)12(7-10(9)14)19(17,18)16-8-4-2-1-3-5-8/h1-7,16H. The molecule has 3 nitrogen and oxygen atoms in total. The smallest absolute Gasteiger partial charge is 0.263 e. The predicted octanol–water partition coefficient (Wildman–Crippen LogP) is 4.45. The second-order valence-corrected chi connectivity index (χ2v) is 6.54. The van der Waals surface area contributed by atoms with Gasteiger partial charge in [-0.1, -0.05) is 53.0 Å². The first-order valence-corrected chi connectivity index (χ1v) is 7.74. The van der Waals surface area contributed by atoms with E-state index >= 15 is 0 Å². The number of anilines is 1. The maximum Gasteiger partial charge on any atom is 0.263 e. The SMILES string of the molecule is O=S(=O)(Nc1ccccc1)c1cc(Cl)c(Cl)cc1Cl. The van der Waals surface area contributed by atoms with Gasteiger partial charge in [0.25, 0.3) is 10.0 Å². The van der Waals surface area contributed by atoms with Gasteiger partial charge in [-0.05, 0) is 24.3 Å². The third kappa shape index (κ3) is 3.34. The van der Waals surface area contributed by atoms with E-state index in [1.54, 1.807) is 30.3 Å². The average Bonchev–Trinajstić information content (AvgIpc) is 2.34. The third-order valence-electron chi connectivity index (χ3n) is 2.29. The molecule has 0 aromatic heterocycles. The lowest BCUT2D eigenvalue weighted by Gasteiger charge is -2.10. The summed E-state index contributed by atoms with van der Waals surface area (Å²) in [6.45, 7) is 0. The van der Waals surface area contributed by atoms with Gasteiger partial charge in [0, 0.05) is 5.69 Å². The summed E-state index contributed by atoms with van der Waals surface area (Å²) in [4.78, 5) is -0.118. The van der Waals surface area contributed by atoms with Gasteiger partial charge in [-0.25, -0.2) is 8.42 Å². The summed E-state index contributed by atoms with van der Waals surface area (Å²) >= 11 is 17.5. The van der Waals surface area contributed by atoms with Crippen molar-refractivity contribution in [3.05, 3.63) is 57.5 Å². The Morgan fingerprint density at radius 2 is 1.42 bits per heavy atom. The van der Waals surface area contributed by atoms with Gasteiger partial charge in [0.15, 0.2) is 0 Å². The van der Waals surface area contributed by atoms with Gasteiger partial charge in [-0.2, -0.15) is 0 Å². The maximum absolute atomic E-state index is 12.2. The molecule has 0 amide bonds. The van der Waals surface area contributed by atoms with E-state index in [1.165, 1.54) is 12.1 Å². The quantitative estimate of drug-likeness (QED) is 0.842. The van der Waals surface area contributed by atoms with Crippen LogP contribution in [0.2, 0.25) is 15.1 Å². The lowest BCUT2D eigenvalue weighted by atomic mass is 10.3. The first-order valence-electron chi connectivity index (χ1n) is 5.12. The van der Waals surface area contributed by atoms with Crippen molar-refractivity contribution in [1.29, 1.82) is 0 Å². The van der Waals surface area contributed by atoms with E-state index in [2.05, 4.69) is 4.72 Å². The van der Waals surface area contributed by atoms with Crippen LogP contribution in [-0.4, -0.2) is 8.42 Å². The van der Waals surface area contributed by atoms with E-state index in [1.807, 2.05) is 0 Å². The van der Waals surface area contributed by atoms with E-state index in [0.717, 1.165) is 0 Å². The molecule has 0 saturated carbocycles. The van der Waals surface area contributed by atoms with Gasteiger partial charge in [0.2, 0.25) is 0 Å². The Hall–Kier alpha value is -0.940. The highest BCUT2D eigenvalue weighted by atomic mass is 35.5. The second kappa shape index (κ2) is 5.59. The van der Waals surface area contributed by atoms with Crippen molar-refractivity contribution in [2.75, 3.05) is 4.72 Å². The Labute approximate surface area is 126 Å². The number of nitrogens with one attached hydrogen (secondary N) is 1. The fourth-order valence-corrected chi connectivity index (χ4v) is 3.49. The Kier molecular flexibility index (Phi) is 4.26. The molecular weight excluding hydrogens is 329 g/mol. The molecule has 0 saturated heterocycles. The molecule has 0 atom stereocenters. The van der Waals surface area contributed by atoms with Gasteiger partial charge >= 0.3 is 0 Å². The van der Waals surface area contributed by atoms with Crippen LogP contribution in [0.1, 0.15) is 0 Å².